The Morgan fingerprint density at radius 3 is 2.48 bits per heavy atom. The van der Waals surface area contributed by atoms with Gasteiger partial charge in [-0.1, -0.05) is 30.3 Å². The number of nitrogens with one attached hydrogen (secondary N) is 1. The first kappa shape index (κ1) is 21.2. The number of nitriles is 1. The molecule has 0 saturated heterocycles. The average Bonchev–Trinajstić information content (AvgIpc) is 3.27. The van der Waals surface area contributed by atoms with Gasteiger partial charge in [-0.05, 0) is 60.9 Å². The number of nitrogens with zero attached hydrogens (tertiary/aromatic N) is 2. The quantitative estimate of drug-likeness (QED) is 0.774. The third-order valence-electron chi connectivity index (χ3n) is 6.49. The van der Waals surface area contributed by atoms with Gasteiger partial charge in [0.25, 0.3) is 0 Å². The van der Waals surface area contributed by atoms with E-state index >= 15 is 0 Å². The summed E-state index contributed by atoms with van der Waals surface area (Å²) < 4.78 is 11.1. The van der Waals surface area contributed by atoms with E-state index in [2.05, 4.69) is 28.4 Å². The fourth-order valence-corrected chi connectivity index (χ4v) is 4.93. The summed E-state index contributed by atoms with van der Waals surface area (Å²) in [6.07, 6.45) is 4.25. The van der Waals surface area contributed by atoms with Crippen LogP contribution < -0.4 is 14.8 Å². The van der Waals surface area contributed by atoms with Crippen LogP contribution >= 0.6 is 0 Å². The summed E-state index contributed by atoms with van der Waals surface area (Å²) in [4.78, 5) is 15.2. The smallest absolute Gasteiger partial charge is 0.235 e. The van der Waals surface area contributed by atoms with Crippen LogP contribution in [0.2, 0.25) is 0 Å². The van der Waals surface area contributed by atoms with Gasteiger partial charge in [0.15, 0.2) is 11.5 Å². The number of amides is 1. The minimum absolute atomic E-state index is 0.0721. The molecule has 6 nitrogen and oxygen atoms in total. The van der Waals surface area contributed by atoms with Crippen LogP contribution in [0.15, 0.2) is 42.5 Å². The molecule has 1 N–H and O–H groups in total. The van der Waals surface area contributed by atoms with Crippen molar-refractivity contribution in [3.63, 3.8) is 0 Å². The van der Waals surface area contributed by atoms with Crippen LogP contribution in [0.4, 0.5) is 0 Å². The molecule has 31 heavy (non-hydrogen) atoms. The molecule has 2 aromatic carbocycles. The molecule has 1 amide bonds. The Balaban J connectivity index is 1.65. The molecule has 6 heteroatoms. The second-order valence-electron chi connectivity index (χ2n) is 8.39. The number of hydrogen-bond acceptors (Lipinski definition) is 5. The number of benzene rings is 2. The van der Waals surface area contributed by atoms with Crippen molar-refractivity contribution in [2.24, 2.45) is 0 Å². The van der Waals surface area contributed by atoms with Crippen LogP contribution in [-0.2, 0) is 11.2 Å². The summed E-state index contributed by atoms with van der Waals surface area (Å²) in [5.41, 5.74) is 2.74. The Morgan fingerprint density at radius 1 is 1.16 bits per heavy atom. The molecular formula is C25H29N3O3. The highest BCUT2D eigenvalue weighted by molar-refractivity contribution is 5.79. The maximum Gasteiger partial charge on any atom is 0.235 e. The standard InChI is InChI=1S/C25H29N3O3/c1-30-21-14-19-10-13-28(16-23(29)27-25(17-26)11-6-7-12-25)24(18-8-4-3-5-9-18)20(19)15-22(21)31-2/h3-5,8-9,14-15,24H,6-7,10-13,16H2,1-2H3,(H,27,29). The molecule has 0 spiro atoms. The van der Waals surface area contributed by atoms with E-state index in [-0.39, 0.29) is 18.5 Å². The van der Waals surface area contributed by atoms with Gasteiger partial charge >= 0.3 is 0 Å². The van der Waals surface area contributed by atoms with E-state index in [1.54, 1.807) is 14.2 Å². The second kappa shape index (κ2) is 8.99. The van der Waals surface area contributed by atoms with Crippen LogP contribution in [-0.4, -0.2) is 43.7 Å². The van der Waals surface area contributed by atoms with Crippen molar-refractivity contribution in [1.29, 1.82) is 5.26 Å². The fourth-order valence-electron chi connectivity index (χ4n) is 4.93. The molecule has 4 rings (SSSR count). The Bertz CT molecular complexity index is 977. The van der Waals surface area contributed by atoms with Gasteiger partial charge in [0, 0.05) is 6.54 Å². The maximum atomic E-state index is 13.0. The lowest BCUT2D eigenvalue weighted by Crippen LogP contribution is -2.50. The molecule has 1 heterocycles. The number of carbonyl (C=O) groups excluding carboxylic acids is 1. The molecule has 2 aliphatic rings. The molecule has 1 aliphatic carbocycles. The summed E-state index contributed by atoms with van der Waals surface area (Å²) in [5.74, 6) is 1.31. The average molecular weight is 420 g/mol. The Kier molecular flexibility index (Phi) is 6.15. The van der Waals surface area contributed by atoms with E-state index in [1.807, 2.05) is 30.3 Å². The van der Waals surface area contributed by atoms with Crippen molar-refractivity contribution < 1.29 is 14.3 Å². The summed E-state index contributed by atoms with van der Waals surface area (Å²) in [5, 5.41) is 12.7. The zero-order valence-corrected chi connectivity index (χ0v) is 18.2. The number of rotatable bonds is 6. The van der Waals surface area contributed by atoms with E-state index in [1.165, 1.54) is 5.56 Å². The first-order chi connectivity index (χ1) is 15.1. The summed E-state index contributed by atoms with van der Waals surface area (Å²) in [7, 11) is 3.28. The number of ether oxygens (including phenoxy) is 2. The highest BCUT2D eigenvalue weighted by Crippen LogP contribution is 2.41. The summed E-state index contributed by atoms with van der Waals surface area (Å²) >= 11 is 0. The summed E-state index contributed by atoms with van der Waals surface area (Å²) in [6, 6.07) is 16.6. The van der Waals surface area contributed by atoms with Crippen LogP contribution in [0.5, 0.6) is 11.5 Å². The van der Waals surface area contributed by atoms with E-state index in [0.717, 1.165) is 55.5 Å². The normalized spacial score (nSPS) is 19.8. The van der Waals surface area contributed by atoms with Crippen LogP contribution in [0.25, 0.3) is 0 Å². The third kappa shape index (κ3) is 4.24. The molecule has 1 fully saturated rings. The Hall–Kier alpha value is -3.04. The lowest BCUT2D eigenvalue weighted by Gasteiger charge is -2.38. The van der Waals surface area contributed by atoms with Gasteiger partial charge in [-0.2, -0.15) is 5.26 Å². The van der Waals surface area contributed by atoms with E-state index in [4.69, 9.17) is 9.47 Å². The Labute approximate surface area is 183 Å². The molecule has 1 aliphatic heterocycles. The molecular weight excluding hydrogens is 390 g/mol. The number of fused-ring (bicyclic) bond motifs is 1. The van der Waals surface area contributed by atoms with Gasteiger partial charge in [-0.25, -0.2) is 0 Å². The molecule has 0 aromatic heterocycles. The van der Waals surface area contributed by atoms with Gasteiger partial charge in [0.2, 0.25) is 5.91 Å². The molecule has 2 aromatic rings. The third-order valence-corrected chi connectivity index (χ3v) is 6.49. The van der Waals surface area contributed by atoms with Crippen molar-refractivity contribution in [1.82, 2.24) is 10.2 Å². The topological polar surface area (TPSA) is 74.6 Å². The van der Waals surface area contributed by atoms with E-state index < -0.39 is 5.54 Å². The second-order valence-corrected chi connectivity index (χ2v) is 8.39. The van der Waals surface area contributed by atoms with Gasteiger partial charge in [-0.15, -0.1) is 0 Å². The van der Waals surface area contributed by atoms with E-state index in [9.17, 15) is 10.1 Å². The van der Waals surface area contributed by atoms with Crippen LogP contribution in [0, 0.1) is 11.3 Å². The zero-order valence-electron chi connectivity index (χ0n) is 18.2. The highest BCUT2D eigenvalue weighted by Gasteiger charge is 2.37. The lowest BCUT2D eigenvalue weighted by atomic mass is 9.87. The van der Waals surface area contributed by atoms with Crippen molar-refractivity contribution >= 4 is 5.91 Å². The number of methoxy groups -OCH3 is 2. The highest BCUT2D eigenvalue weighted by atomic mass is 16.5. The summed E-state index contributed by atoms with van der Waals surface area (Å²) in [6.45, 7) is 0.992. The predicted octanol–water partition coefficient (Wildman–Crippen LogP) is 3.60. The van der Waals surface area contributed by atoms with Crippen molar-refractivity contribution in [2.75, 3.05) is 27.3 Å². The van der Waals surface area contributed by atoms with Gasteiger partial charge in [0.1, 0.15) is 5.54 Å². The van der Waals surface area contributed by atoms with Crippen LogP contribution in [0.3, 0.4) is 0 Å². The van der Waals surface area contributed by atoms with Crippen molar-refractivity contribution in [3.8, 4) is 17.6 Å². The van der Waals surface area contributed by atoms with Gasteiger partial charge in [-0.3, -0.25) is 9.69 Å². The molecule has 0 bridgehead atoms. The van der Waals surface area contributed by atoms with Crippen LogP contribution in [0.1, 0.15) is 48.4 Å². The maximum absolute atomic E-state index is 13.0. The van der Waals surface area contributed by atoms with Gasteiger partial charge < -0.3 is 14.8 Å². The minimum atomic E-state index is -0.705. The Morgan fingerprint density at radius 2 is 1.84 bits per heavy atom. The van der Waals surface area contributed by atoms with Crippen molar-refractivity contribution in [3.05, 3.63) is 59.2 Å². The molecule has 1 atom stereocenters. The lowest BCUT2D eigenvalue weighted by molar-refractivity contribution is -0.124. The molecule has 1 saturated carbocycles. The number of hydrogen-bond donors (Lipinski definition) is 1. The molecule has 0 radical (unpaired) electrons. The fraction of sp³-hybridized carbons (Fsp3) is 0.440. The first-order valence-electron chi connectivity index (χ1n) is 10.9. The monoisotopic (exact) mass is 419 g/mol. The molecule has 162 valence electrons. The SMILES string of the molecule is COc1cc2c(cc1OC)C(c1ccccc1)N(CC(=O)NC1(C#N)CCCC1)CC2. The minimum Gasteiger partial charge on any atom is -0.493 e. The van der Waals surface area contributed by atoms with Gasteiger partial charge in [0.05, 0.1) is 32.9 Å². The zero-order chi connectivity index (χ0) is 21.8. The molecule has 1 unspecified atom stereocenters. The number of carbonyl (C=O) groups is 1. The largest absolute Gasteiger partial charge is 0.493 e. The van der Waals surface area contributed by atoms with E-state index in [0.29, 0.717) is 5.75 Å². The van der Waals surface area contributed by atoms with Crippen molar-refractivity contribution in [2.45, 2.75) is 43.7 Å². The predicted molar refractivity (Wildman–Crippen MR) is 118 cm³/mol. The first-order valence-corrected chi connectivity index (χ1v) is 10.9.